The molecule has 0 bridgehead atoms. The summed E-state index contributed by atoms with van der Waals surface area (Å²) < 4.78 is 2.13. The van der Waals surface area contributed by atoms with Gasteiger partial charge in [0.15, 0.2) is 0 Å². The van der Waals surface area contributed by atoms with Crippen molar-refractivity contribution in [3.63, 3.8) is 0 Å². The molecule has 5 nitrogen and oxygen atoms in total. The Labute approximate surface area is 139 Å². The number of hydrogen-bond donors (Lipinski definition) is 1. The van der Waals surface area contributed by atoms with Gasteiger partial charge in [0.05, 0.1) is 0 Å². The van der Waals surface area contributed by atoms with Crippen LogP contribution in [0.15, 0.2) is 0 Å². The minimum absolute atomic E-state index is 0.168. The molecule has 0 amide bonds. The van der Waals surface area contributed by atoms with Gasteiger partial charge < -0.3 is 5.73 Å². The fraction of sp³-hybridized carbons (Fsp3) is 0.769. The molecular formula is C13H20ClN5S2. The highest BCUT2D eigenvalue weighted by Crippen LogP contribution is 2.42. The topological polar surface area (TPSA) is 67.9 Å². The van der Waals surface area contributed by atoms with Crippen molar-refractivity contribution >= 4 is 47.4 Å². The van der Waals surface area contributed by atoms with Crippen LogP contribution >= 0.6 is 35.5 Å². The smallest absolute Gasteiger partial charge is 0.252 e. The van der Waals surface area contributed by atoms with Crippen molar-refractivity contribution < 1.29 is 0 Å². The molecule has 0 atom stereocenters. The van der Waals surface area contributed by atoms with E-state index in [0.717, 1.165) is 0 Å². The Kier molecular flexibility index (Phi) is 5.34. The van der Waals surface area contributed by atoms with E-state index in [0.29, 0.717) is 16.4 Å². The van der Waals surface area contributed by atoms with Crippen molar-refractivity contribution in [1.82, 2.24) is 15.0 Å². The van der Waals surface area contributed by atoms with Crippen LogP contribution in [0.4, 0.5) is 11.9 Å². The van der Waals surface area contributed by atoms with Crippen molar-refractivity contribution in [3.05, 3.63) is 5.28 Å². The van der Waals surface area contributed by atoms with E-state index in [2.05, 4.69) is 18.7 Å². The molecule has 0 spiro atoms. The maximum atomic E-state index is 5.94. The Bertz CT molecular complexity index is 439. The Morgan fingerprint density at radius 2 is 1.43 bits per heavy atom. The molecule has 0 aliphatic heterocycles. The monoisotopic (exact) mass is 345 g/mol. The van der Waals surface area contributed by atoms with Crippen LogP contribution in [0.1, 0.15) is 51.4 Å². The number of nitrogens with two attached hydrogens (primary N) is 1. The van der Waals surface area contributed by atoms with E-state index in [1.165, 1.54) is 51.4 Å². The van der Waals surface area contributed by atoms with Gasteiger partial charge in [0.1, 0.15) is 0 Å². The van der Waals surface area contributed by atoms with Gasteiger partial charge in [-0.25, -0.2) is 3.71 Å². The Hall–Kier alpha value is -0.400. The van der Waals surface area contributed by atoms with Gasteiger partial charge in [0.2, 0.25) is 11.2 Å². The summed E-state index contributed by atoms with van der Waals surface area (Å²) in [5, 5.41) is 1.47. The molecule has 2 aliphatic rings. The van der Waals surface area contributed by atoms with Gasteiger partial charge in [-0.05, 0) is 61.2 Å². The summed E-state index contributed by atoms with van der Waals surface area (Å²) in [5.74, 6) is 0.773. The van der Waals surface area contributed by atoms with E-state index in [4.69, 9.17) is 17.3 Å². The van der Waals surface area contributed by atoms with Crippen LogP contribution in [-0.2, 0) is 0 Å². The summed E-state index contributed by atoms with van der Waals surface area (Å²) in [4.78, 5) is 12.4. The van der Waals surface area contributed by atoms with Crippen molar-refractivity contribution in [2.75, 3.05) is 9.44 Å². The standard InChI is InChI=1S/C13H20ClN5S2/c14-11-16-12(15)18-13(17-11)19(20-9-5-1-2-6-9)21-10-7-3-4-8-10/h9-10H,1-8H2,(H2,15,16,17,18). The average Bonchev–Trinajstić information content (AvgIpc) is 3.10. The summed E-state index contributed by atoms with van der Waals surface area (Å²) in [6.07, 6.45) is 10.3. The zero-order valence-electron chi connectivity index (χ0n) is 11.9. The van der Waals surface area contributed by atoms with Crippen LogP contribution in [0.25, 0.3) is 0 Å². The third-order valence-electron chi connectivity index (χ3n) is 3.87. The molecule has 2 aliphatic carbocycles. The summed E-state index contributed by atoms with van der Waals surface area (Å²) in [6.45, 7) is 0. The third-order valence-corrected chi connectivity index (χ3v) is 6.81. The molecule has 0 saturated heterocycles. The zero-order valence-corrected chi connectivity index (χ0v) is 14.3. The van der Waals surface area contributed by atoms with Crippen molar-refractivity contribution in [1.29, 1.82) is 0 Å². The molecule has 3 rings (SSSR count). The summed E-state index contributed by atoms with van der Waals surface area (Å²) in [6, 6.07) is 0. The average molecular weight is 346 g/mol. The van der Waals surface area contributed by atoms with Crippen LogP contribution in [0.3, 0.4) is 0 Å². The maximum absolute atomic E-state index is 5.94. The van der Waals surface area contributed by atoms with Gasteiger partial charge in [0, 0.05) is 10.5 Å². The number of halogens is 1. The molecule has 1 heterocycles. The van der Waals surface area contributed by atoms with E-state index in [-0.39, 0.29) is 11.2 Å². The highest BCUT2D eigenvalue weighted by atomic mass is 35.5. The van der Waals surface area contributed by atoms with Gasteiger partial charge in [-0.2, -0.15) is 15.0 Å². The predicted octanol–water partition coefficient (Wildman–Crippen LogP) is 4.10. The quantitative estimate of drug-likeness (QED) is 0.806. The van der Waals surface area contributed by atoms with Gasteiger partial charge in [-0.15, -0.1) is 0 Å². The maximum Gasteiger partial charge on any atom is 0.252 e. The summed E-state index contributed by atoms with van der Waals surface area (Å²) in [5.41, 5.74) is 5.72. The first-order chi connectivity index (χ1) is 10.2. The Morgan fingerprint density at radius 1 is 0.905 bits per heavy atom. The second-order valence-corrected chi connectivity index (χ2v) is 8.60. The zero-order chi connectivity index (χ0) is 14.7. The second kappa shape index (κ2) is 7.24. The van der Waals surface area contributed by atoms with Crippen molar-refractivity contribution in [3.8, 4) is 0 Å². The lowest BCUT2D eigenvalue weighted by atomic mass is 10.4. The molecule has 21 heavy (non-hydrogen) atoms. The number of nitrogen functional groups attached to an aromatic ring is 1. The van der Waals surface area contributed by atoms with E-state index >= 15 is 0 Å². The van der Waals surface area contributed by atoms with Gasteiger partial charge in [-0.3, -0.25) is 0 Å². The minimum Gasteiger partial charge on any atom is -0.368 e. The molecular weight excluding hydrogens is 326 g/mol. The van der Waals surface area contributed by atoms with Crippen molar-refractivity contribution in [2.24, 2.45) is 0 Å². The van der Waals surface area contributed by atoms with Crippen LogP contribution in [0, 0.1) is 0 Å². The van der Waals surface area contributed by atoms with Crippen LogP contribution in [-0.4, -0.2) is 25.5 Å². The second-order valence-electron chi connectivity index (χ2n) is 5.54. The van der Waals surface area contributed by atoms with Crippen molar-refractivity contribution in [2.45, 2.75) is 61.9 Å². The fourth-order valence-electron chi connectivity index (χ4n) is 2.81. The first-order valence-electron chi connectivity index (χ1n) is 7.51. The molecule has 0 unspecified atom stereocenters. The van der Waals surface area contributed by atoms with Crippen LogP contribution < -0.4 is 9.44 Å². The molecule has 2 N–H and O–H groups in total. The lowest BCUT2D eigenvalue weighted by Crippen LogP contribution is -2.18. The number of anilines is 2. The normalized spacial score (nSPS) is 20.2. The third kappa shape index (κ3) is 4.29. The molecule has 1 aromatic rings. The van der Waals surface area contributed by atoms with E-state index in [1.807, 2.05) is 23.9 Å². The highest BCUT2D eigenvalue weighted by Gasteiger charge is 2.27. The molecule has 116 valence electrons. The largest absolute Gasteiger partial charge is 0.368 e. The van der Waals surface area contributed by atoms with Gasteiger partial charge >= 0.3 is 0 Å². The first kappa shape index (κ1) is 15.5. The molecule has 0 radical (unpaired) electrons. The number of aromatic nitrogens is 3. The summed E-state index contributed by atoms with van der Waals surface area (Å²) in [7, 11) is 0. The van der Waals surface area contributed by atoms with Gasteiger partial charge in [0.25, 0.3) is 5.95 Å². The number of hydrogen-bond acceptors (Lipinski definition) is 7. The lowest BCUT2D eigenvalue weighted by molar-refractivity contribution is 0.886. The predicted molar refractivity (Wildman–Crippen MR) is 91.4 cm³/mol. The van der Waals surface area contributed by atoms with E-state index in [9.17, 15) is 0 Å². The van der Waals surface area contributed by atoms with Gasteiger partial charge in [-0.1, -0.05) is 25.7 Å². The van der Waals surface area contributed by atoms with E-state index < -0.39 is 0 Å². The molecule has 1 aromatic heterocycles. The Balaban J connectivity index is 1.75. The molecule has 8 heteroatoms. The van der Waals surface area contributed by atoms with Crippen LogP contribution in [0.2, 0.25) is 5.28 Å². The first-order valence-corrected chi connectivity index (χ1v) is 9.56. The fourth-order valence-corrected chi connectivity index (χ4v) is 5.89. The number of rotatable bonds is 5. The van der Waals surface area contributed by atoms with Crippen LogP contribution in [0.5, 0.6) is 0 Å². The molecule has 2 fully saturated rings. The summed E-state index contributed by atoms with van der Waals surface area (Å²) >= 11 is 9.62. The Morgan fingerprint density at radius 3 is 1.90 bits per heavy atom. The molecule has 0 aromatic carbocycles. The highest BCUT2D eigenvalue weighted by molar-refractivity contribution is 8.18. The lowest BCUT2D eigenvalue weighted by Gasteiger charge is -2.25. The molecule has 2 saturated carbocycles. The number of nitrogens with zero attached hydrogens (tertiary/aromatic N) is 4. The SMILES string of the molecule is Nc1nc(Cl)nc(N(SC2CCCC2)SC2CCCC2)n1. The van der Waals surface area contributed by atoms with E-state index in [1.54, 1.807) is 0 Å². The minimum atomic E-state index is 0.168.